The third kappa shape index (κ3) is 4.83. The smallest absolute Gasteiger partial charge is 0.273 e. The molecule has 1 aromatic carbocycles. The highest BCUT2D eigenvalue weighted by atomic mass is 19.3. The molecule has 0 unspecified atom stereocenters. The fourth-order valence-corrected chi connectivity index (χ4v) is 1.93. The normalized spacial score (nSPS) is 12.2. The first-order valence-corrected chi connectivity index (χ1v) is 7.09. The van der Waals surface area contributed by atoms with Gasteiger partial charge in [-0.25, -0.2) is 28.4 Å². The SMILES string of the molecule is CC(F)(F)c1cc(N(N)/C=C(\N)COc2ncccc2F)ccc1F. The molecule has 1 heterocycles. The quantitative estimate of drug-likeness (QED) is 0.473. The number of pyridine rings is 1. The summed E-state index contributed by atoms with van der Waals surface area (Å²) in [7, 11) is 0. The maximum Gasteiger partial charge on any atom is 0.273 e. The van der Waals surface area contributed by atoms with Gasteiger partial charge in [0.25, 0.3) is 11.8 Å². The highest BCUT2D eigenvalue weighted by Gasteiger charge is 2.28. The zero-order valence-corrected chi connectivity index (χ0v) is 13.2. The molecule has 0 aliphatic rings. The summed E-state index contributed by atoms with van der Waals surface area (Å²) in [5.74, 6) is 0.413. The number of hydrogen-bond acceptors (Lipinski definition) is 5. The fraction of sp³-hybridized carbons (Fsp3) is 0.188. The zero-order valence-electron chi connectivity index (χ0n) is 13.2. The van der Waals surface area contributed by atoms with E-state index >= 15 is 0 Å². The van der Waals surface area contributed by atoms with Gasteiger partial charge < -0.3 is 10.5 Å². The van der Waals surface area contributed by atoms with Crippen molar-refractivity contribution in [2.24, 2.45) is 11.6 Å². The lowest BCUT2D eigenvalue weighted by molar-refractivity contribution is 0.0138. The molecular formula is C16H16F4N4O. The molecule has 25 heavy (non-hydrogen) atoms. The summed E-state index contributed by atoms with van der Waals surface area (Å²) in [4.78, 5) is 3.69. The number of nitrogens with zero attached hydrogens (tertiary/aromatic N) is 2. The summed E-state index contributed by atoms with van der Waals surface area (Å²) in [5, 5.41) is 0.933. The molecule has 2 rings (SSSR count). The number of hydrogen-bond donors (Lipinski definition) is 2. The summed E-state index contributed by atoms with van der Waals surface area (Å²) in [6.45, 7) is 0.342. The molecule has 134 valence electrons. The minimum atomic E-state index is -3.37. The van der Waals surface area contributed by atoms with E-state index < -0.39 is 23.1 Å². The number of aromatic nitrogens is 1. The van der Waals surface area contributed by atoms with Crippen LogP contribution in [0.4, 0.5) is 23.2 Å². The van der Waals surface area contributed by atoms with E-state index in [1.807, 2.05) is 0 Å². The number of rotatable bonds is 6. The lowest BCUT2D eigenvalue weighted by atomic mass is 10.1. The Morgan fingerprint density at radius 3 is 2.64 bits per heavy atom. The van der Waals surface area contributed by atoms with Gasteiger partial charge in [0.05, 0.1) is 16.9 Å². The number of ether oxygens (including phenoxy) is 1. The third-order valence-electron chi connectivity index (χ3n) is 3.13. The van der Waals surface area contributed by atoms with Crippen molar-refractivity contribution in [3.8, 4) is 5.88 Å². The Morgan fingerprint density at radius 2 is 2.00 bits per heavy atom. The van der Waals surface area contributed by atoms with Crippen LogP contribution in [0, 0.1) is 11.6 Å². The number of alkyl halides is 2. The van der Waals surface area contributed by atoms with Crippen LogP contribution in [-0.4, -0.2) is 11.6 Å². The molecule has 5 nitrogen and oxygen atoms in total. The Bertz CT molecular complexity index is 777. The molecule has 4 N–H and O–H groups in total. The van der Waals surface area contributed by atoms with Gasteiger partial charge in [-0.05, 0) is 30.3 Å². The van der Waals surface area contributed by atoms with Gasteiger partial charge in [-0.3, -0.25) is 5.01 Å². The van der Waals surface area contributed by atoms with E-state index in [0.717, 1.165) is 17.1 Å². The standard InChI is InChI=1S/C16H16F4N4O/c1-16(19,20)12-7-11(4-5-13(12)17)24(22)8-10(21)9-25-15-14(18)3-2-6-23-15/h2-8H,9,21-22H2,1H3/b10-8-. The summed E-state index contributed by atoms with van der Waals surface area (Å²) in [6.07, 6.45) is 2.53. The third-order valence-corrected chi connectivity index (χ3v) is 3.13. The minimum Gasteiger partial charge on any atom is -0.469 e. The molecule has 9 heteroatoms. The number of benzene rings is 1. The average molecular weight is 356 g/mol. The minimum absolute atomic E-state index is 0.0710. The molecular weight excluding hydrogens is 340 g/mol. The van der Waals surface area contributed by atoms with Crippen LogP contribution in [0.2, 0.25) is 0 Å². The van der Waals surface area contributed by atoms with Crippen molar-refractivity contribution in [2.45, 2.75) is 12.8 Å². The summed E-state index contributed by atoms with van der Waals surface area (Å²) >= 11 is 0. The Labute approximate surface area is 141 Å². The van der Waals surface area contributed by atoms with E-state index in [4.69, 9.17) is 16.3 Å². The predicted octanol–water partition coefficient (Wildman–Crippen LogP) is 3.03. The first-order valence-electron chi connectivity index (χ1n) is 7.09. The van der Waals surface area contributed by atoms with Crippen LogP contribution in [0.3, 0.4) is 0 Å². The predicted molar refractivity (Wildman–Crippen MR) is 84.6 cm³/mol. The summed E-state index contributed by atoms with van der Waals surface area (Å²) in [6, 6.07) is 5.58. The van der Waals surface area contributed by atoms with Crippen LogP contribution in [0.25, 0.3) is 0 Å². The Balaban J connectivity index is 2.11. The number of halogens is 4. The molecule has 0 spiro atoms. The van der Waals surface area contributed by atoms with Gasteiger partial charge in [0, 0.05) is 19.3 Å². The van der Waals surface area contributed by atoms with Crippen LogP contribution < -0.4 is 21.3 Å². The number of anilines is 1. The zero-order chi connectivity index (χ0) is 18.6. The van der Waals surface area contributed by atoms with Crippen molar-refractivity contribution in [3.63, 3.8) is 0 Å². The van der Waals surface area contributed by atoms with Gasteiger partial charge in [-0.15, -0.1) is 0 Å². The van der Waals surface area contributed by atoms with Gasteiger partial charge in [0.15, 0.2) is 5.82 Å². The van der Waals surface area contributed by atoms with Crippen LogP contribution in [-0.2, 0) is 5.92 Å². The van der Waals surface area contributed by atoms with Crippen LogP contribution >= 0.6 is 0 Å². The molecule has 0 saturated carbocycles. The molecule has 0 atom stereocenters. The molecule has 0 saturated heterocycles. The van der Waals surface area contributed by atoms with Gasteiger partial charge in [-0.1, -0.05) is 0 Å². The highest BCUT2D eigenvalue weighted by Crippen LogP contribution is 2.31. The van der Waals surface area contributed by atoms with Gasteiger partial charge in [0.2, 0.25) is 0 Å². The number of nitrogens with two attached hydrogens (primary N) is 2. The second-order valence-corrected chi connectivity index (χ2v) is 5.24. The highest BCUT2D eigenvalue weighted by molar-refractivity contribution is 5.51. The van der Waals surface area contributed by atoms with Crippen LogP contribution in [0.15, 0.2) is 48.4 Å². The van der Waals surface area contributed by atoms with E-state index in [2.05, 4.69) is 4.98 Å². The second-order valence-electron chi connectivity index (χ2n) is 5.24. The molecule has 0 aliphatic heterocycles. The first kappa shape index (κ1) is 18.5. The van der Waals surface area contributed by atoms with Crippen LogP contribution in [0.1, 0.15) is 12.5 Å². The van der Waals surface area contributed by atoms with E-state index in [-0.39, 0.29) is 23.9 Å². The Morgan fingerprint density at radius 1 is 1.28 bits per heavy atom. The van der Waals surface area contributed by atoms with Crippen molar-refractivity contribution in [1.82, 2.24) is 4.98 Å². The second kappa shape index (κ2) is 7.39. The first-order chi connectivity index (χ1) is 11.7. The van der Waals surface area contributed by atoms with Gasteiger partial charge in [0.1, 0.15) is 12.4 Å². The maximum atomic E-state index is 13.5. The van der Waals surface area contributed by atoms with Crippen molar-refractivity contribution < 1.29 is 22.3 Å². The van der Waals surface area contributed by atoms with Crippen molar-refractivity contribution in [3.05, 3.63) is 65.6 Å². The topological polar surface area (TPSA) is 77.4 Å². The molecule has 0 radical (unpaired) electrons. The van der Waals surface area contributed by atoms with Gasteiger partial charge in [-0.2, -0.15) is 0 Å². The van der Waals surface area contributed by atoms with Gasteiger partial charge >= 0.3 is 0 Å². The molecule has 1 aromatic heterocycles. The molecule has 0 aliphatic carbocycles. The Hall–Kier alpha value is -2.81. The lowest BCUT2D eigenvalue weighted by Crippen LogP contribution is -2.27. The van der Waals surface area contributed by atoms with Crippen LogP contribution in [0.5, 0.6) is 5.88 Å². The monoisotopic (exact) mass is 356 g/mol. The summed E-state index contributed by atoms with van der Waals surface area (Å²) < 4.78 is 58.7. The van der Waals surface area contributed by atoms with Crippen molar-refractivity contribution in [2.75, 3.05) is 11.6 Å². The maximum absolute atomic E-state index is 13.5. The van der Waals surface area contributed by atoms with E-state index in [1.54, 1.807) is 0 Å². The van der Waals surface area contributed by atoms with E-state index in [0.29, 0.717) is 6.92 Å². The summed E-state index contributed by atoms with van der Waals surface area (Å²) in [5.41, 5.74) is 5.07. The molecule has 0 fully saturated rings. The van der Waals surface area contributed by atoms with Crippen molar-refractivity contribution in [1.29, 1.82) is 0 Å². The molecule has 0 bridgehead atoms. The largest absolute Gasteiger partial charge is 0.469 e. The number of hydrazine groups is 1. The Kier molecular flexibility index (Phi) is 5.48. The lowest BCUT2D eigenvalue weighted by Gasteiger charge is -2.18. The molecule has 0 amide bonds. The van der Waals surface area contributed by atoms with Crippen molar-refractivity contribution >= 4 is 5.69 Å². The van der Waals surface area contributed by atoms with E-state index in [9.17, 15) is 17.6 Å². The fourth-order valence-electron chi connectivity index (χ4n) is 1.93. The average Bonchev–Trinajstić information content (AvgIpc) is 2.53. The molecule has 2 aromatic rings. The van der Waals surface area contributed by atoms with E-state index in [1.165, 1.54) is 30.6 Å².